The van der Waals surface area contributed by atoms with Gasteiger partial charge < -0.3 is 14.6 Å². The number of carbonyl (C=O) groups excluding carboxylic acids is 1. The molecule has 1 aromatic carbocycles. The topological polar surface area (TPSA) is 46.5 Å². The fraction of sp³-hybridized carbons (Fsp3) is 0.640. The van der Waals surface area contributed by atoms with Crippen molar-refractivity contribution in [3.05, 3.63) is 43.0 Å². The minimum Gasteiger partial charge on any atom is -0.497 e. The van der Waals surface area contributed by atoms with Gasteiger partial charge in [-0.1, -0.05) is 92.3 Å². The first-order valence-corrected chi connectivity index (χ1v) is 10.7. The van der Waals surface area contributed by atoms with Gasteiger partial charge in [0.1, 0.15) is 12.5 Å². The summed E-state index contributed by atoms with van der Waals surface area (Å²) in [6, 6.07) is 7.96. The number of ether oxygens (including phenoxy) is 1. The summed E-state index contributed by atoms with van der Waals surface area (Å²) in [7, 11) is 1.67. The first kappa shape index (κ1) is 40.9. The summed E-state index contributed by atoms with van der Waals surface area (Å²) in [6.07, 6.45) is 4.83. The molecule has 0 aliphatic heterocycles. The normalized spacial score (nSPS) is 8.25. The van der Waals surface area contributed by atoms with E-state index in [9.17, 15) is 0 Å². The van der Waals surface area contributed by atoms with Crippen LogP contribution in [0, 0.1) is 12.8 Å². The molecule has 0 aliphatic carbocycles. The number of aliphatic hydroxyl groups excluding tert-OH is 1. The number of aryl methyl sites for hydroxylation is 1. The number of unbranched alkanes of at least 4 members (excludes halogenated alkanes) is 1. The second-order valence-electron chi connectivity index (χ2n) is 4.62. The summed E-state index contributed by atoms with van der Waals surface area (Å²) in [4.78, 5) is 8.00. The third-order valence-electron chi connectivity index (χ3n) is 3.06. The molecule has 3 nitrogen and oxygen atoms in total. The van der Waals surface area contributed by atoms with Crippen LogP contribution in [-0.4, -0.2) is 25.6 Å². The average molecular weight is 401 g/mol. The molecule has 0 spiro atoms. The van der Waals surface area contributed by atoms with Gasteiger partial charge in [0.25, 0.3) is 0 Å². The van der Waals surface area contributed by atoms with Crippen LogP contribution in [0.5, 0.6) is 5.75 Å². The highest BCUT2D eigenvalue weighted by atomic mass is 16.5. The number of aliphatic hydroxyl groups is 1. The van der Waals surface area contributed by atoms with E-state index in [-0.39, 0.29) is 0 Å². The van der Waals surface area contributed by atoms with Crippen LogP contribution in [0.2, 0.25) is 0 Å². The third-order valence-corrected chi connectivity index (χ3v) is 3.06. The maximum Gasteiger partial charge on any atom is 0.118 e. The molecule has 170 valence electrons. The van der Waals surface area contributed by atoms with Gasteiger partial charge in [-0.25, -0.2) is 0 Å². The highest BCUT2D eigenvalue weighted by Gasteiger charge is 2.01. The predicted octanol–water partition coefficient (Wildman–Crippen LogP) is 7.89. The van der Waals surface area contributed by atoms with Crippen LogP contribution in [0.1, 0.15) is 86.6 Å². The number of rotatable bonds is 6. The molecule has 0 saturated carbocycles. The zero-order valence-electron chi connectivity index (χ0n) is 20.8. The van der Waals surface area contributed by atoms with E-state index in [0.717, 1.165) is 12.2 Å². The van der Waals surface area contributed by atoms with Crippen LogP contribution < -0.4 is 4.74 Å². The third kappa shape index (κ3) is 39.5. The lowest BCUT2D eigenvalue weighted by Gasteiger charge is -2.08. The van der Waals surface area contributed by atoms with Crippen molar-refractivity contribution in [2.24, 2.45) is 5.92 Å². The lowest BCUT2D eigenvalue weighted by Crippen LogP contribution is -2.03. The van der Waals surface area contributed by atoms with E-state index >= 15 is 0 Å². The second-order valence-corrected chi connectivity index (χ2v) is 4.62. The summed E-state index contributed by atoms with van der Waals surface area (Å²) in [5.41, 5.74) is 1.26. The van der Waals surface area contributed by atoms with Gasteiger partial charge in [0.05, 0.1) is 7.11 Å². The quantitative estimate of drug-likeness (QED) is 0.494. The average Bonchev–Trinajstić information content (AvgIpc) is 2.82. The van der Waals surface area contributed by atoms with Crippen LogP contribution in [0.25, 0.3) is 0 Å². The van der Waals surface area contributed by atoms with Crippen LogP contribution in [0.4, 0.5) is 0 Å². The van der Waals surface area contributed by atoms with Gasteiger partial charge in [-0.2, -0.15) is 0 Å². The zero-order valence-corrected chi connectivity index (χ0v) is 20.8. The Bertz CT molecular complexity index is 304. The SMILES string of the molecule is C=C.C=O.CC.CC.CC.CCCCC(CC)CO.COc1ccc(C)cc1. The smallest absolute Gasteiger partial charge is 0.118 e. The standard InChI is InChI=1S/C8H10O.C8H18O.3C2H6.C2H4.CH2O/c1-7-3-5-8(9-2)6-4-7;1-3-5-6-8(4-2)7-9;5*1-2/h3-6H,1-2H3;8-9H,3-7H2,1-2H3;3*1-2H3;1-2H2;1H2. The van der Waals surface area contributed by atoms with Crippen molar-refractivity contribution in [3.63, 3.8) is 0 Å². The van der Waals surface area contributed by atoms with Crippen molar-refractivity contribution in [3.8, 4) is 5.75 Å². The van der Waals surface area contributed by atoms with Crippen LogP contribution >= 0.6 is 0 Å². The fourth-order valence-electron chi connectivity index (χ4n) is 1.59. The molecule has 0 amide bonds. The molecule has 0 aliphatic rings. The number of methoxy groups -OCH3 is 1. The summed E-state index contributed by atoms with van der Waals surface area (Å²) in [5, 5.41) is 8.75. The Balaban J connectivity index is -0.0000000598. The molecule has 1 atom stereocenters. The molecule has 28 heavy (non-hydrogen) atoms. The molecule has 1 rings (SSSR count). The summed E-state index contributed by atoms with van der Waals surface area (Å²) >= 11 is 0. The molecule has 1 unspecified atom stereocenters. The van der Waals surface area contributed by atoms with Crippen molar-refractivity contribution in [1.29, 1.82) is 0 Å². The van der Waals surface area contributed by atoms with Crippen molar-refractivity contribution >= 4 is 6.79 Å². The predicted molar refractivity (Wildman–Crippen MR) is 131 cm³/mol. The van der Waals surface area contributed by atoms with Gasteiger partial charge in [0.15, 0.2) is 0 Å². The molecule has 0 saturated heterocycles. The lowest BCUT2D eigenvalue weighted by atomic mass is 10.0. The van der Waals surface area contributed by atoms with Gasteiger partial charge in [-0.15, -0.1) is 13.2 Å². The van der Waals surface area contributed by atoms with Crippen LogP contribution in [0.3, 0.4) is 0 Å². The second kappa shape index (κ2) is 49.9. The van der Waals surface area contributed by atoms with Crippen molar-refractivity contribution in [2.45, 2.75) is 88.0 Å². The molecule has 1 N–H and O–H groups in total. The Kier molecular flexibility index (Phi) is 73.0. The van der Waals surface area contributed by atoms with Crippen molar-refractivity contribution < 1.29 is 14.6 Å². The molecule has 0 aromatic heterocycles. The van der Waals surface area contributed by atoms with E-state index in [2.05, 4.69) is 33.9 Å². The van der Waals surface area contributed by atoms with Gasteiger partial charge in [-0.3, -0.25) is 0 Å². The zero-order chi connectivity index (χ0) is 23.8. The largest absolute Gasteiger partial charge is 0.497 e. The number of hydrogen-bond acceptors (Lipinski definition) is 3. The lowest BCUT2D eigenvalue weighted by molar-refractivity contribution is -0.0979. The molecule has 0 bridgehead atoms. The van der Waals surface area contributed by atoms with E-state index < -0.39 is 0 Å². The Morgan fingerprint density at radius 2 is 1.32 bits per heavy atom. The Hall–Kier alpha value is -1.61. The summed E-state index contributed by atoms with van der Waals surface area (Å²) in [5.74, 6) is 1.48. The molecule has 3 heteroatoms. The van der Waals surface area contributed by atoms with E-state index in [4.69, 9.17) is 14.6 Å². The number of benzene rings is 1. The Morgan fingerprint density at radius 3 is 1.57 bits per heavy atom. The monoisotopic (exact) mass is 400 g/mol. The Morgan fingerprint density at radius 1 is 0.929 bits per heavy atom. The van der Waals surface area contributed by atoms with Gasteiger partial charge in [-0.05, 0) is 31.4 Å². The number of carbonyl (C=O) groups is 1. The maximum absolute atomic E-state index is 8.75. The molecule has 0 fully saturated rings. The first-order valence-electron chi connectivity index (χ1n) is 10.7. The molecule has 1 aromatic rings. The van der Waals surface area contributed by atoms with Crippen LogP contribution in [-0.2, 0) is 4.79 Å². The van der Waals surface area contributed by atoms with E-state index in [1.165, 1.54) is 24.8 Å². The molecular weight excluding hydrogens is 348 g/mol. The molecule has 0 heterocycles. The first-order chi connectivity index (χ1) is 13.7. The summed E-state index contributed by atoms with van der Waals surface area (Å²) in [6.45, 7) is 26.7. The highest BCUT2D eigenvalue weighted by Crippen LogP contribution is 2.10. The molecular formula is C25H52O3. The van der Waals surface area contributed by atoms with E-state index in [0.29, 0.717) is 12.5 Å². The highest BCUT2D eigenvalue weighted by molar-refractivity contribution is 5.25. The Labute approximate surface area is 178 Å². The summed E-state index contributed by atoms with van der Waals surface area (Å²) < 4.78 is 4.97. The minimum atomic E-state index is 0.372. The molecule has 0 radical (unpaired) electrons. The van der Waals surface area contributed by atoms with Crippen molar-refractivity contribution in [1.82, 2.24) is 0 Å². The number of hydrogen-bond donors (Lipinski definition) is 1. The van der Waals surface area contributed by atoms with Gasteiger partial charge in [0.2, 0.25) is 0 Å². The maximum atomic E-state index is 8.75. The van der Waals surface area contributed by atoms with Crippen LogP contribution in [0.15, 0.2) is 37.4 Å². The van der Waals surface area contributed by atoms with Gasteiger partial charge in [0, 0.05) is 6.61 Å². The minimum absolute atomic E-state index is 0.372. The van der Waals surface area contributed by atoms with E-state index in [1.54, 1.807) is 7.11 Å². The van der Waals surface area contributed by atoms with E-state index in [1.807, 2.05) is 72.6 Å². The van der Waals surface area contributed by atoms with Gasteiger partial charge >= 0.3 is 0 Å². The van der Waals surface area contributed by atoms with Crippen molar-refractivity contribution in [2.75, 3.05) is 13.7 Å². The fourth-order valence-corrected chi connectivity index (χ4v) is 1.59.